The molecule has 2 aromatic carbocycles. The topological polar surface area (TPSA) is 98.5 Å². The fraction of sp³-hybridized carbons (Fsp3) is 0.125. The van der Waals surface area contributed by atoms with Gasteiger partial charge in [0.05, 0.1) is 17.6 Å². The number of rotatable bonds is 4. The lowest BCUT2D eigenvalue weighted by Gasteiger charge is -2.07. The number of benzene rings is 2. The van der Waals surface area contributed by atoms with Crippen molar-refractivity contribution in [2.45, 2.75) is 6.92 Å². The van der Waals surface area contributed by atoms with Crippen LogP contribution in [-0.4, -0.2) is 23.9 Å². The van der Waals surface area contributed by atoms with Crippen LogP contribution in [0.3, 0.4) is 0 Å². The summed E-state index contributed by atoms with van der Waals surface area (Å²) in [6.07, 6.45) is 0. The molecular weight excluding hydrogens is 300 g/mol. The minimum absolute atomic E-state index is 0.112. The standard InChI is InChI=1S/C16H14N2O5/c1-10-3-4-12(9-14(10)18(21)22)15(19)17-13-7-5-11(6-8-13)16(20)23-2/h3-9H,1-2H3,(H,17,19). The van der Waals surface area contributed by atoms with Crippen molar-refractivity contribution in [1.29, 1.82) is 0 Å². The number of anilines is 1. The minimum Gasteiger partial charge on any atom is -0.465 e. The number of hydrogen-bond donors (Lipinski definition) is 1. The van der Waals surface area contributed by atoms with E-state index in [4.69, 9.17) is 0 Å². The van der Waals surface area contributed by atoms with Gasteiger partial charge in [0.1, 0.15) is 0 Å². The Balaban J connectivity index is 2.17. The number of nitro benzene ring substituents is 1. The van der Waals surface area contributed by atoms with Crippen LogP contribution < -0.4 is 5.32 Å². The number of methoxy groups -OCH3 is 1. The van der Waals surface area contributed by atoms with Crippen LogP contribution in [0, 0.1) is 17.0 Å². The van der Waals surface area contributed by atoms with E-state index in [2.05, 4.69) is 10.1 Å². The third kappa shape index (κ3) is 3.70. The maximum absolute atomic E-state index is 12.1. The quantitative estimate of drug-likeness (QED) is 0.531. The van der Waals surface area contributed by atoms with E-state index in [-0.39, 0.29) is 11.3 Å². The molecule has 0 heterocycles. The van der Waals surface area contributed by atoms with Gasteiger partial charge in [0.2, 0.25) is 0 Å². The van der Waals surface area contributed by atoms with Crippen molar-refractivity contribution in [1.82, 2.24) is 0 Å². The molecule has 0 bridgehead atoms. The Bertz CT molecular complexity index is 769. The molecule has 1 N–H and O–H groups in total. The highest BCUT2D eigenvalue weighted by Gasteiger charge is 2.15. The van der Waals surface area contributed by atoms with Gasteiger partial charge in [-0.25, -0.2) is 4.79 Å². The predicted molar refractivity (Wildman–Crippen MR) is 83.6 cm³/mol. The third-order valence-corrected chi connectivity index (χ3v) is 3.23. The molecule has 0 saturated carbocycles. The number of carbonyl (C=O) groups excluding carboxylic acids is 2. The predicted octanol–water partition coefficient (Wildman–Crippen LogP) is 2.94. The van der Waals surface area contributed by atoms with Crippen molar-refractivity contribution < 1.29 is 19.2 Å². The van der Waals surface area contributed by atoms with E-state index in [0.717, 1.165) is 0 Å². The Morgan fingerprint density at radius 2 is 1.70 bits per heavy atom. The van der Waals surface area contributed by atoms with Gasteiger partial charge in [-0.1, -0.05) is 6.07 Å². The maximum atomic E-state index is 12.1. The lowest BCUT2D eigenvalue weighted by molar-refractivity contribution is -0.385. The van der Waals surface area contributed by atoms with Crippen LogP contribution >= 0.6 is 0 Å². The molecule has 7 nitrogen and oxygen atoms in total. The molecule has 1 amide bonds. The van der Waals surface area contributed by atoms with E-state index in [0.29, 0.717) is 16.8 Å². The summed E-state index contributed by atoms with van der Waals surface area (Å²) < 4.78 is 4.58. The van der Waals surface area contributed by atoms with Gasteiger partial charge in [-0.05, 0) is 37.3 Å². The summed E-state index contributed by atoms with van der Waals surface area (Å²) in [5, 5.41) is 13.5. The summed E-state index contributed by atoms with van der Waals surface area (Å²) in [6.45, 7) is 1.60. The van der Waals surface area contributed by atoms with Crippen LogP contribution in [0.4, 0.5) is 11.4 Å². The minimum atomic E-state index is -0.530. The Morgan fingerprint density at radius 3 is 2.26 bits per heavy atom. The molecule has 0 saturated heterocycles. The van der Waals surface area contributed by atoms with Crippen LogP contribution in [0.2, 0.25) is 0 Å². The first-order chi connectivity index (χ1) is 10.9. The highest BCUT2D eigenvalue weighted by Crippen LogP contribution is 2.20. The van der Waals surface area contributed by atoms with Gasteiger partial charge in [-0.15, -0.1) is 0 Å². The van der Waals surface area contributed by atoms with Gasteiger partial charge in [-0.3, -0.25) is 14.9 Å². The third-order valence-electron chi connectivity index (χ3n) is 3.23. The van der Waals surface area contributed by atoms with E-state index >= 15 is 0 Å². The van der Waals surface area contributed by atoms with Gasteiger partial charge < -0.3 is 10.1 Å². The van der Waals surface area contributed by atoms with Crippen LogP contribution in [0.15, 0.2) is 42.5 Å². The highest BCUT2D eigenvalue weighted by molar-refractivity contribution is 6.05. The number of carbonyl (C=O) groups is 2. The molecule has 0 unspecified atom stereocenters. The van der Waals surface area contributed by atoms with Gasteiger partial charge >= 0.3 is 5.97 Å². The number of amides is 1. The number of hydrogen-bond acceptors (Lipinski definition) is 5. The van der Waals surface area contributed by atoms with Crippen molar-refractivity contribution in [2.24, 2.45) is 0 Å². The zero-order chi connectivity index (χ0) is 17.0. The van der Waals surface area contributed by atoms with Gasteiger partial charge in [0, 0.05) is 22.9 Å². The molecule has 0 radical (unpaired) electrons. The van der Waals surface area contributed by atoms with Gasteiger partial charge in [-0.2, -0.15) is 0 Å². The molecule has 23 heavy (non-hydrogen) atoms. The molecular formula is C16H14N2O5. The Labute approximate surface area is 132 Å². The largest absolute Gasteiger partial charge is 0.465 e. The van der Waals surface area contributed by atoms with Crippen LogP contribution in [0.5, 0.6) is 0 Å². The second kappa shape index (κ2) is 6.69. The fourth-order valence-corrected chi connectivity index (χ4v) is 1.96. The zero-order valence-electron chi connectivity index (χ0n) is 12.5. The SMILES string of the molecule is COC(=O)c1ccc(NC(=O)c2ccc(C)c([N+](=O)[O-])c2)cc1. The average molecular weight is 314 g/mol. The number of nitrogens with one attached hydrogen (secondary N) is 1. The van der Waals surface area contributed by atoms with Crippen molar-refractivity contribution >= 4 is 23.3 Å². The molecule has 0 aliphatic carbocycles. The first-order valence-electron chi connectivity index (χ1n) is 6.67. The van der Waals surface area contributed by atoms with Crippen molar-refractivity contribution in [2.75, 3.05) is 12.4 Å². The molecule has 0 aliphatic heterocycles. The fourth-order valence-electron chi connectivity index (χ4n) is 1.96. The molecule has 2 rings (SSSR count). The summed E-state index contributed by atoms with van der Waals surface area (Å²) in [6, 6.07) is 10.4. The number of aryl methyl sites for hydroxylation is 1. The number of esters is 1. The second-order valence-electron chi connectivity index (χ2n) is 4.78. The Morgan fingerprint density at radius 1 is 1.09 bits per heavy atom. The second-order valence-corrected chi connectivity index (χ2v) is 4.78. The number of nitro groups is 1. The molecule has 118 valence electrons. The van der Waals surface area contributed by atoms with E-state index in [1.54, 1.807) is 19.1 Å². The number of nitrogens with zero attached hydrogens (tertiary/aromatic N) is 1. The van der Waals surface area contributed by atoms with Crippen molar-refractivity contribution in [3.63, 3.8) is 0 Å². The van der Waals surface area contributed by atoms with E-state index in [1.165, 1.54) is 37.4 Å². The zero-order valence-corrected chi connectivity index (χ0v) is 12.5. The maximum Gasteiger partial charge on any atom is 0.337 e. The summed E-state index contributed by atoms with van der Waals surface area (Å²) in [4.78, 5) is 33.9. The van der Waals surface area contributed by atoms with Crippen LogP contribution in [0.25, 0.3) is 0 Å². The van der Waals surface area contributed by atoms with Gasteiger partial charge in [0.25, 0.3) is 11.6 Å². The Kier molecular flexibility index (Phi) is 4.70. The molecule has 0 atom stereocenters. The van der Waals surface area contributed by atoms with Crippen LogP contribution in [-0.2, 0) is 4.74 Å². The normalized spacial score (nSPS) is 10.0. The average Bonchev–Trinajstić information content (AvgIpc) is 2.54. The van der Waals surface area contributed by atoms with E-state index in [1.807, 2.05) is 0 Å². The Hall–Kier alpha value is -3.22. The monoisotopic (exact) mass is 314 g/mol. The summed E-state index contributed by atoms with van der Waals surface area (Å²) in [7, 11) is 1.28. The molecule has 0 aromatic heterocycles. The molecule has 0 fully saturated rings. The molecule has 2 aromatic rings. The summed E-state index contributed by atoms with van der Waals surface area (Å²) >= 11 is 0. The molecule has 7 heteroatoms. The highest BCUT2D eigenvalue weighted by atomic mass is 16.6. The lowest BCUT2D eigenvalue weighted by atomic mass is 10.1. The first-order valence-corrected chi connectivity index (χ1v) is 6.67. The lowest BCUT2D eigenvalue weighted by Crippen LogP contribution is -2.12. The van der Waals surface area contributed by atoms with E-state index in [9.17, 15) is 19.7 Å². The summed E-state index contributed by atoms with van der Waals surface area (Å²) in [5.74, 6) is -0.948. The first kappa shape index (κ1) is 16.2. The van der Waals surface area contributed by atoms with Crippen LogP contribution in [0.1, 0.15) is 26.3 Å². The summed E-state index contributed by atoms with van der Waals surface area (Å²) in [5.41, 5.74) is 1.37. The van der Waals surface area contributed by atoms with Crippen molar-refractivity contribution in [3.8, 4) is 0 Å². The van der Waals surface area contributed by atoms with E-state index < -0.39 is 16.8 Å². The smallest absolute Gasteiger partial charge is 0.337 e. The molecule has 0 aliphatic rings. The molecule has 0 spiro atoms. The van der Waals surface area contributed by atoms with Crippen molar-refractivity contribution in [3.05, 3.63) is 69.3 Å². The van der Waals surface area contributed by atoms with Gasteiger partial charge in [0.15, 0.2) is 0 Å². The number of ether oxygens (including phenoxy) is 1.